The highest BCUT2D eigenvalue weighted by atomic mass is 32.2. The molecule has 5 nitrogen and oxygen atoms in total. The van der Waals surface area contributed by atoms with Gasteiger partial charge in [-0.2, -0.15) is 0 Å². The summed E-state index contributed by atoms with van der Waals surface area (Å²) in [7, 11) is -4.09. The minimum atomic E-state index is -4.09. The SMILES string of the molecule is Cc1ccc(C)c(S(=O)(=O)C(C2(C)C=CC=N2)C(O)(CO)c2ccccc2)c1. The average molecular weight is 400 g/mol. The summed E-state index contributed by atoms with van der Waals surface area (Å²) in [5, 5.41) is 20.4. The number of allylic oxidation sites excluding steroid dienone is 1. The maximum absolute atomic E-state index is 13.9. The van der Waals surface area contributed by atoms with E-state index in [0.29, 0.717) is 11.1 Å². The van der Waals surface area contributed by atoms with E-state index in [9.17, 15) is 18.6 Å². The molecule has 0 fully saturated rings. The van der Waals surface area contributed by atoms with E-state index in [-0.39, 0.29) is 4.90 Å². The van der Waals surface area contributed by atoms with Crippen LogP contribution in [0.5, 0.6) is 0 Å². The number of aliphatic imine (C=N–C) groups is 1. The van der Waals surface area contributed by atoms with Gasteiger partial charge in [0.1, 0.15) is 10.9 Å². The number of hydrogen-bond acceptors (Lipinski definition) is 5. The fourth-order valence-corrected chi connectivity index (χ4v) is 6.50. The van der Waals surface area contributed by atoms with Crippen molar-refractivity contribution < 1.29 is 18.6 Å². The smallest absolute Gasteiger partial charge is 0.187 e. The highest BCUT2D eigenvalue weighted by molar-refractivity contribution is 7.92. The summed E-state index contributed by atoms with van der Waals surface area (Å²) in [5.41, 5.74) is -1.57. The van der Waals surface area contributed by atoms with Crippen molar-refractivity contribution >= 4 is 16.1 Å². The van der Waals surface area contributed by atoms with Crippen LogP contribution in [0, 0.1) is 13.8 Å². The lowest BCUT2D eigenvalue weighted by Crippen LogP contribution is -2.57. The Morgan fingerprint density at radius 1 is 1.14 bits per heavy atom. The van der Waals surface area contributed by atoms with Gasteiger partial charge in [-0.25, -0.2) is 8.42 Å². The van der Waals surface area contributed by atoms with E-state index in [1.165, 1.54) is 6.21 Å². The number of nitrogens with zero attached hydrogens (tertiary/aromatic N) is 1. The van der Waals surface area contributed by atoms with E-state index in [1.54, 1.807) is 68.5 Å². The number of aryl methyl sites for hydroxylation is 2. The molecule has 0 aliphatic carbocycles. The van der Waals surface area contributed by atoms with Crippen LogP contribution in [0.25, 0.3) is 0 Å². The van der Waals surface area contributed by atoms with Gasteiger partial charge < -0.3 is 10.2 Å². The summed E-state index contributed by atoms with van der Waals surface area (Å²) in [6.45, 7) is 4.44. The number of benzene rings is 2. The molecule has 3 rings (SSSR count). The lowest BCUT2D eigenvalue weighted by molar-refractivity contribution is -0.0320. The van der Waals surface area contributed by atoms with Gasteiger partial charge in [-0.05, 0) is 49.6 Å². The van der Waals surface area contributed by atoms with Gasteiger partial charge in [0.25, 0.3) is 0 Å². The van der Waals surface area contributed by atoms with E-state index >= 15 is 0 Å². The molecule has 2 N–H and O–H groups in total. The molecule has 1 aliphatic rings. The molecule has 148 valence electrons. The Kier molecular flexibility index (Phi) is 5.32. The summed E-state index contributed by atoms with van der Waals surface area (Å²) >= 11 is 0. The largest absolute Gasteiger partial charge is 0.393 e. The Hall–Kier alpha value is -2.28. The number of hydrogen-bond donors (Lipinski definition) is 2. The van der Waals surface area contributed by atoms with Crippen LogP contribution in [0.15, 0.2) is 70.6 Å². The van der Waals surface area contributed by atoms with Crippen molar-refractivity contribution in [3.8, 4) is 0 Å². The minimum Gasteiger partial charge on any atom is -0.393 e. The Morgan fingerprint density at radius 2 is 1.82 bits per heavy atom. The van der Waals surface area contributed by atoms with E-state index in [1.807, 2.05) is 13.0 Å². The normalized spacial score (nSPS) is 22.2. The van der Waals surface area contributed by atoms with Crippen molar-refractivity contribution in [3.05, 3.63) is 77.4 Å². The molecule has 0 bridgehead atoms. The van der Waals surface area contributed by atoms with Gasteiger partial charge in [0.2, 0.25) is 0 Å². The second-order valence-electron chi connectivity index (χ2n) is 7.51. The lowest BCUT2D eigenvalue weighted by atomic mass is 9.81. The van der Waals surface area contributed by atoms with Crippen LogP contribution in [0.4, 0.5) is 0 Å². The van der Waals surface area contributed by atoms with Gasteiger partial charge in [-0.15, -0.1) is 0 Å². The van der Waals surface area contributed by atoms with E-state index < -0.39 is 32.8 Å². The van der Waals surface area contributed by atoms with Crippen molar-refractivity contribution in [1.29, 1.82) is 0 Å². The van der Waals surface area contributed by atoms with Gasteiger partial charge in [0, 0.05) is 6.21 Å². The maximum atomic E-state index is 13.9. The van der Waals surface area contributed by atoms with Crippen molar-refractivity contribution in [3.63, 3.8) is 0 Å². The molecule has 3 atom stereocenters. The van der Waals surface area contributed by atoms with Crippen LogP contribution in [0.1, 0.15) is 23.6 Å². The second kappa shape index (κ2) is 7.28. The third-order valence-electron chi connectivity index (χ3n) is 5.31. The first-order chi connectivity index (χ1) is 13.1. The number of aliphatic hydroxyl groups excluding tert-OH is 1. The fraction of sp³-hybridized carbons (Fsp3) is 0.318. The van der Waals surface area contributed by atoms with Crippen molar-refractivity contribution in [1.82, 2.24) is 0 Å². The molecule has 0 saturated carbocycles. The predicted octanol–water partition coefficient (Wildman–Crippen LogP) is 2.73. The van der Waals surface area contributed by atoms with E-state index in [2.05, 4.69) is 4.99 Å². The standard InChI is InChI=1S/C22H25NO4S/c1-16-10-11-17(2)19(14-16)28(26,27)20(21(3)12-7-13-23-21)22(25,15-24)18-8-5-4-6-9-18/h4-14,20,24-25H,15H2,1-3H3. The Labute approximate surface area is 166 Å². The Balaban J connectivity index is 2.31. The maximum Gasteiger partial charge on any atom is 0.187 e. The Morgan fingerprint density at radius 3 is 2.39 bits per heavy atom. The zero-order valence-electron chi connectivity index (χ0n) is 16.2. The molecule has 1 heterocycles. The average Bonchev–Trinajstić information content (AvgIpc) is 3.10. The highest BCUT2D eigenvalue weighted by Crippen LogP contribution is 2.42. The van der Waals surface area contributed by atoms with Crippen LogP contribution >= 0.6 is 0 Å². The van der Waals surface area contributed by atoms with Gasteiger partial charge >= 0.3 is 0 Å². The zero-order valence-corrected chi connectivity index (χ0v) is 17.0. The van der Waals surface area contributed by atoms with E-state index in [4.69, 9.17) is 0 Å². The molecule has 2 aromatic carbocycles. The first-order valence-corrected chi connectivity index (χ1v) is 10.6. The molecule has 1 aliphatic heterocycles. The highest BCUT2D eigenvalue weighted by Gasteiger charge is 2.56. The number of aliphatic hydroxyl groups is 2. The molecular weight excluding hydrogens is 374 g/mol. The number of sulfone groups is 1. The lowest BCUT2D eigenvalue weighted by Gasteiger charge is -2.41. The van der Waals surface area contributed by atoms with Gasteiger partial charge in [-0.1, -0.05) is 48.5 Å². The summed E-state index contributed by atoms with van der Waals surface area (Å²) < 4.78 is 27.8. The van der Waals surface area contributed by atoms with Crippen LogP contribution in [-0.4, -0.2) is 42.2 Å². The molecule has 0 radical (unpaired) electrons. The van der Waals surface area contributed by atoms with Crippen LogP contribution in [0.2, 0.25) is 0 Å². The molecule has 0 saturated heterocycles. The summed E-state index contributed by atoms with van der Waals surface area (Å²) in [4.78, 5) is 4.50. The molecule has 0 amide bonds. The molecule has 0 aromatic heterocycles. The minimum absolute atomic E-state index is 0.136. The van der Waals surface area contributed by atoms with Crippen LogP contribution in [0.3, 0.4) is 0 Å². The van der Waals surface area contributed by atoms with Crippen molar-refractivity contribution in [2.45, 2.75) is 42.1 Å². The monoisotopic (exact) mass is 399 g/mol. The topological polar surface area (TPSA) is 87.0 Å². The molecule has 6 heteroatoms. The van der Waals surface area contributed by atoms with E-state index in [0.717, 1.165) is 5.56 Å². The fourth-order valence-electron chi connectivity index (χ4n) is 3.89. The summed E-state index contributed by atoms with van der Waals surface area (Å²) in [6, 6.07) is 13.6. The van der Waals surface area contributed by atoms with Crippen LogP contribution in [-0.2, 0) is 15.4 Å². The summed E-state index contributed by atoms with van der Waals surface area (Å²) in [6.07, 6.45) is 4.84. The first kappa shape index (κ1) is 20.5. The second-order valence-corrected chi connectivity index (χ2v) is 9.51. The molecule has 3 unspecified atom stereocenters. The third kappa shape index (κ3) is 3.32. The number of rotatable bonds is 6. The van der Waals surface area contributed by atoms with Crippen molar-refractivity contribution in [2.24, 2.45) is 4.99 Å². The van der Waals surface area contributed by atoms with Crippen LogP contribution < -0.4 is 0 Å². The van der Waals surface area contributed by atoms with Crippen molar-refractivity contribution in [2.75, 3.05) is 6.61 Å². The third-order valence-corrected chi connectivity index (χ3v) is 7.85. The van der Waals surface area contributed by atoms with Gasteiger partial charge in [-0.3, -0.25) is 4.99 Å². The first-order valence-electron chi connectivity index (χ1n) is 9.08. The molecular formula is C22H25NO4S. The quantitative estimate of drug-likeness (QED) is 0.782. The zero-order chi connectivity index (χ0) is 20.6. The van der Waals surface area contributed by atoms with Gasteiger partial charge in [0.15, 0.2) is 9.84 Å². The molecule has 2 aromatic rings. The summed E-state index contributed by atoms with van der Waals surface area (Å²) in [5.74, 6) is 0. The molecule has 0 spiro atoms. The van der Waals surface area contributed by atoms with Gasteiger partial charge in [0.05, 0.1) is 17.0 Å². The molecule has 28 heavy (non-hydrogen) atoms. The Bertz CT molecular complexity index is 1020. The predicted molar refractivity (Wildman–Crippen MR) is 110 cm³/mol.